The van der Waals surface area contributed by atoms with Crippen molar-refractivity contribution in [2.45, 2.75) is 84.5 Å². The second-order valence-corrected chi connectivity index (χ2v) is 6.14. The predicted octanol–water partition coefficient (Wildman–Crippen LogP) is 4.72. The second kappa shape index (κ2) is 12.7. The summed E-state index contributed by atoms with van der Waals surface area (Å²) in [6, 6.07) is 0. The lowest BCUT2D eigenvalue weighted by molar-refractivity contribution is -0.150. The summed E-state index contributed by atoms with van der Waals surface area (Å²) in [5.74, 6) is -2.83. The van der Waals surface area contributed by atoms with E-state index in [1.165, 1.54) is 44.9 Å². The first kappa shape index (κ1) is 19.9. The van der Waals surface area contributed by atoms with Crippen molar-refractivity contribution in [3.8, 4) is 0 Å². The molecule has 21 heavy (non-hydrogen) atoms. The van der Waals surface area contributed by atoms with Crippen molar-refractivity contribution in [2.75, 3.05) is 0 Å². The summed E-state index contributed by atoms with van der Waals surface area (Å²) < 4.78 is 0. The molecule has 0 aromatic heterocycles. The molecule has 2 N–H and O–H groups in total. The van der Waals surface area contributed by atoms with Crippen LogP contribution in [-0.2, 0) is 9.59 Å². The molecule has 0 bridgehead atoms. The molecule has 0 aliphatic carbocycles. The van der Waals surface area contributed by atoms with Gasteiger partial charge in [-0.05, 0) is 12.3 Å². The summed E-state index contributed by atoms with van der Waals surface area (Å²) in [5, 5.41) is 17.8. The third kappa shape index (κ3) is 11.3. The van der Waals surface area contributed by atoms with Crippen LogP contribution in [0.2, 0.25) is 0 Å². The topological polar surface area (TPSA) is 74.6 Å². The molecule has 0 saturated carbocycles. The Morgan fingerprint density at radius 2 is 1.33 bits per heavy atom. The summed E-state index contributed by atoms with van der Waals surface area (Å²) in [6.07, 6.45) is 11.7. The van der Waals surface area contributed by atoms with Crippen LogP contribution in [0, 0.1) is 11.8 Å². The zero-order chi connectivity index (χ0) is 16.1. The average Bonchev–Trinajstić information content (AvgIpc) is 2.42. The molecular weight excluding hydrogens is 268 g/mol. The van der Waals surface area contributed by atoms with Gasteiger partial charge in [0.2, 0.25) is 0 Å². The lowest BCUT2D eigenvalue weighted by Crippen LogP contribution is -2.24. The summed E-state index contributed by atoms with van der Waals surface area (Å²) >= 11 is 0. The van der Waals surface area contributed by atoms with Crippen molar-refractivity contribution >= 4 is 11.9 Å². The summed E-state index contributed by atoms with van der Waals surface area (Å²) in [4.78, 5) is 21.8. The third-order valence-electron chi connectivity index (χ3n) is 4.16. The Morgan fingerprint density at radius 3 is 1.76 bits per heavy atom. The van der Waals surface area contributed by atoms with Gasteiger partial charge in [0, 0.05) is 0 Å². The maximum Gasteiger partial charge on any atom is 0.307 e. The van der Waals surface area contributed by atoms with Gasteiger partial charge < -0.3 is 10.2 Å². The summed E-state index contributed by atoms with van der Waals surface area (Å²) in [5.41, 5.74) is 0. The number of carbonyl (C=O) groups is 2. The van der Waals surface area contributed by atoms with Crippen LogP contribution < -0.4 is 0 Å². The smallest absolute Gasteiger partial charge is 0.307 e. The van der Waals surface area contributed by atoms with E-state index in [-0.39, 0.29) is 12.3 Å². The zero-order valence-corrected chi connectivity index (χ0v) is 13.6. The van der Waals surface area contributed by atoms with Crippen LogP contribution in [-0.4, -0.2) is 22.2 Å². The molecule has 0 aromatic carbocycles. The highest BCUT2D eigenvalue weighted by Crippen LogP contribution is 2.23. The molecule has 0 heterocycles. The van der Waals surface area contributed by atoms with Crippen molar-refractivity contribution in [2.24, 2.45) is 11.8 Å². The molecule has 4 nitrogen and oxygen atoms in total. The van der Waals surface area contributed by atoms with Gasteiger partial charge in [-0.3, -0.25) is 9.59 Å². The normalized spacial score (nSPS) is 13.8. The molecule has 0 saturated heterocycles. The Morgan fingerprint density at radius 1 is 0.857 bits per heavy atom. The minimum atomic E-state index is -1.03. The molecule has 0 radical (unpaired) electrons. The Hall–Kier alpha value is -1.06. The fraction of sp³-hybridized carbons (Fsp3) is 0.882. The van der Waals surface area contributed by atoms with E-state index >= 15 is 0 Å². The Balaban J connectivity index is 3.65. The fourth-order valence-electron chi connectivity index (χ4n) is 2.70. The second-order valence-electron chi connectivity index (χ2n) is 6.14. The van der Waals surface area contributed by atoms with E-state index in [0.29, 0.717) is 0 Å². The monoisotopic (exact) mass is 300 g/mol. The van der Waals surface area contributed by atoms with Crippen molar-refractivity contribution < 1.29 is 19.8 Å². The van der Waals surface area contributed by atoms with Crippen LogP contribution in [0.15, 0.2) is 0 Å². The van der Waals surface area contributed by atoms with E-state index in [0.717, 1.165) is 19.3 Å². The number of rotatable bonds is 14. The minimum absolute atomic E-state index is 0.0665. The van der Waals surface area contributed by atoms with Gasteiger partial charge in [0.25, 0.3) is 0 Å². The molecule has 2 atom stereocenters. The molecule has 0 spiro atoms. The maximum atomic E-state index is 11.1. The number of carboxylic acids is 2. The van der Waals surface area contributed by atoms with Crippen LogP contribution in [0.4, 0.5) is 0 Å². The van der Waals surface area contributed by atoms with E-state index in [1.54, 1.807) is 0 Å². The number of aliphatic carboxylic acids is 2. The van der Waals surface area contributed by atoms with Crippen molar-refractivity contribution in [1.29, 1.82) is 0 Å². The summed E-state index contributed by atoms with van der Waals surface area (Å²) in [6.45, 7) is 4.07. The van der Waals surface area contributed by atoms with E-state index in [2.05, 4.69) is 6.92 Å². The molecule has 124 valence electrons. The molecule has 0 fully saturated rings. The highest BCUT2D eigenvalue weighted by Gasteiger charge is 2.26. The van der Waals surface area contributed by atoms with Crippen LogP contribution in [0.1, 0.15) is 84.5 Å². The van der Waals surface area contributed by atoms with Gasteiger partial charge in [-0.2, -0.15) is 0 Å². The SMILES string of the molecule is CCCCCCCCCCCC(C)C(CC(=O)O)C(=O)O. The quantitative estimate of drug-likeness (QED) is 0.455. The van der Waals surface area contributed by atoms with Gasteiger partial charge in [0.05, 0.1) is 12.3 Å². The highest BCUT2D eigenvalue weighted by molar-refractivity contribution is 5.77. The van der Waals surface area contributed by atoms with E-state index < -0.39 is 17.9 Å². The lowest BCUT2D eigenvalue weighted by Gasteiger charge is -2.18. The molecule has 0 aliphatic rings. The van der Waals surface area contributed by atoms with Gasteiger partial charge in [0.15, 0.2) is 0 Å². The maximum absolute atomic E-state index is 11.1. The first-order valence-corrected chi connectivity index (χ1v) is 8.43. The molecular formula is C17H32O4. The van der Waals surface area contributed by atoms with Crippen molar-refractivity contribution in [1.82, 2.24) is 0 Å². The molecule has 0 aliphatic heterocycles. The fourth-order valence-corrected chi connectivity index (χ4v) is 2.70. The van der Waals surface area contributed by atoms with E-state index in [9.17, 15) is 9.59 Å². The molecule has 2 unspecified atom stereocenters. The largest absolute Gasteiger partial charge is 0.481 e. The first-order chi connectivity index (χ1) is 9.99. The highest BCUT2D eigenvalue weighted by atomic mass is 16.4. The number of carboxylic acid groups (broad SMARTS) is 2. The standard InChI is InChI=1S/C17H32O4/c1-3-4-5-6-7-8-9-10-11-12-14(2)15(17(20)21)13-16(18)19/h14-15H,3-13H2,1-2H3,(H,18,19)(H,20,21). The van der Waals surface area contributed by atoms with Crippen molar-refractivity contribution in [3.05, 3.63) is 0 Å². The summed E-state index contributed by atoms with van der Waals surface area (Å²) in [7, 11) is 0. The van der Waals surface area contributed by atoms with Gasteiger partial charge in [0.1, 0.15) is 0 Å². The van der Waals surface area contributed by atoms with Gasteiger partial charge >= 0.3 is 11.9 Å². The molecule has 4 heteroatoms. The third-order valence-corrected chi connectivity index (χ3v) is 4.16. The number of hydrogen-bond donors (Lipinski definition) is 2. The molecule has 0 rings (SSSR count). The van der Waals surface area contributed by atoms with Gasteiger partial charge in [-0.1, -0.05) is 71.6 Å². The van der Waals surface area contributed by atoms with Crippen LogP contribution >= 0.6 is 0 Å². The van der Waals surface area contributed by atoms with Crippen LogP contribution in [0.3, 0.4) is 0 Å². The Kier molecular flexibility index (Phi) is 12.0. The van der Waals surface area contributed by atoms with Gasteiger partial charge in [-0.25, -0.2) is 0 Å². The van der Waals surface area contributed by atoms with E-state index in [1.807, 2.05) is 6.92 Å². The molecule has 0 amide bonds. The average molecular weight is 300 g/mol. The number of hydrogen-bond acceptors (Lipinski definition) is 2. The van der Waals surface area contributed by atoms with Crippen LogP contribution in [0.5, 0.6) is 0 Å². The minimum Gasteiger partial charge on any atom is -0.481 e. The zero-order valence-electron chi connectivity index (χ0n) is 13.6. The van der Waals surface area contributed by atoms with Crippen molar-refractivity contribution in [3.63, 3.8) is 0 Å². The Bertz CT molecular complexity index is 289. The number of unbranched alkanes of at least 4 members (excludes halogenated alkanes) is 8. The van der Waals surface area contributed by atoms with Crippen LogP contribution in [0.25, 0.3) is 0 Å². The van der Waals surface area contributed by atoms with E-state index in [4.69, 9.17) is 10.2 Å². The Labute approximate surface area is 128 Å². The predicted molar refractivity (Wildman–Crippen MR) is 84.4 cm³/mol. The lowest BCUT2D eigenvalue weighted by atomic mass is 9.87. The van der Waals surface area contributed by atoms with Gasteiger partial charge in [-0.15, -0.1) is 0 Å². The molecule has 0 aromatic rings. The first-order valence-electron chi connectivity index (χ1n) is 8.43.